The van der Waals surface area contributed by atoms with E-state index in [0.717, 1.165) is 45.8 Å². The predicted molar refractivity (Wildman–Crippen MR) is 80.6 cm³/mol. The van der Waals surface area contributed by atoms with Crippen LogP contribution in [0.1, 0.15) is 39.5 Å². The maximum absolute atomic E-state index is 12.4. The first kappa shape index (κ1) is 15.8. The summed E-state index contributed by atoms with van der Waals surface area (Å²) in [6.07, 6.45) is 4.34. The highest BCUT2D eigenvalue weighted by molar-refractivity contribution is 5.76. The number of piperidine rings is 1. The largest absolute Gasteiger partial charge is 0.381 e. The highest BCUT2D eigenvalue weighted by atomic mass is 16.5. The second-order valence-electron chi connectivity index (χ2n) is 6.44. The SMILES string of the molecule is CCOCC1CCN(C(=O)CC(C)C2CCCNC2)C1. The first-order chi connectivity index (χ1) is 9.70. The van der Waals surface area contributed by atoms with Crippen LogP contribution in [-0.4, -0.2) is 50.2 Å². The number of ether oxygens (including phenoxy) is 1. The van der Waals surface area contributed by atoms with Crippen molar-refractivity contribution in [2.45, 2.75) is 39.5 Å². The molecule has 0 aliphatic carbocycles. The molecule has 1 N–H and O–H groups in total. The van der Waals surface area contributed by atoms with Crippen LogP contribution in [0.2, 0.25) is 0 Å². The normalized spacial score (nSPS) is 28.6. The van der Waals surface area contributed by atoms with E-state index in [1.54, 1.807) is 0 Å². The fraction of sp³-hybridized carbons (Fsp3) is 0.938. The Hall–Kier alpha value is -0.610. The third-order valence-corrected chi connectivity index (χ3v) is 4.83. The van der Waals surface area contributed by atoms with Crippen LogP contribution in [-0.2, 0) is 9.53 Å². The predicted octanol–water partition coefficient (Wildman–Crippen LogP) is 1.90. The standard InChI is InChI=1S/C16H30N2O2/c1-3-20-12-14-6-8-18(11-14)16(19)9-13(2)15-5-4-7-17-10-15/h13-15,17H,3-12H2,1-2H3. The molecule has 3 unspecified atom stereocenters. The molecule has 3 atom stereocenters. The van der Waals surface area contributed by atoms with Crippen LogP contribution in [0.15, 0.2) is 0 Å². The minimum Gasteiger partial charge on any atom is -0.381 e. The number of carbonyl (C=O) groups is 1. The number of amides is 1. The van der Waals surface area contributed by atoms with Crippen molar-refractivity contribution in [3.8, 4) is 0 Å². The summed E-state index contributed by atoms with van der Waals surface area (Å²) in [6, 6.07) is 0. The summed E-state index contributed by atoms with van der Waals surface area (Å²) in [5.41, 5.74) is 0. The number of hydrogen-bond acceptors (Lipinski definition) is 3. The molecule has 0 aromatic heterocycles. The van der Waals surface area contributed by atoms with E-state index in [1.807, 2.05) is 6.92 Å². The highest BCUT2D eigenvalue weighted by Crippen LogP contribution is 2.25. The van der Waals surface area contributed by atoms with Crippen molar-refractivity contribution in [2.24, 2.45) is 17.8 Å². The van der Waals surface area contributed by atoms with Gasteiger partial charge in [0.1, 0.15) is 0 Å². The van der Waals surface area contributed by atoms with Crippen molar-refractivity contribution in [1.29, 1.82) is 0 Å². The van der Waals surface area contributed by atoms with E-state index in [9.17, 15) is 4.79 Å². The number of nitrogens with one attached hydrogen (secondary N) is 1. The number of nitrogens with zero attached hydrogens (tertiary/aromatic N) is 1. The third kappa shape index (κ3) is 4.45. The van der Waals surface area contributed by atoms with E-state index >= 15 is 0 Å². The monoisotopic (exact) mass is 282 g/mol. The van der Waals surface area contributed by atoms with Crippen molar-refractivity contribution in [3.05, 3.63) is 0 Å². The summed E-state index contributed by atoms with van der Waals surface area (Å²) in [5, 5.41) is 3.45. The zero-order valence-electron chi connectivity index (χ0n) is 13.1. The molecule has 2 aliphatic rings. The number of hydrogen-bond donors (Lipinski definition) is 1. The molecule has 0 aromatic carbocycles. The molecule has 2 aliphatic heterocycles. The summed E-state index contributed by atoms with van der Waals surface area (Å²) in [6.45, 7) is 9.89. The zero-order chi connectivity index (χ0) is 14.4. The minimum atomic E-state index is 0.349. The van der Waals surface area contributed by atoms with E-state index in [2.05, 4.69) is 17.1 Å². The fourth-order valence-corrected chi connectivity index (χ4v) is 3.42. The molecule has 0 spiro atoms. The molecule has 0 bridgehead atoms. The van der Waals surface area contributed by atoms with Crippen LogP contribution in [0, 0.1) is 17.8 Å². The summed E-state index contributed by atoms with van der Waals surface area (Å²) >= 11 is 0. The maximum Gasteiger partial charge on any atom is 0.222 e. The summed E-state index contributed by atoms with van der Waals surface area (Å²) in [5.74, 6) is 2.07. The molecular weight excluding hydrogens is 252 g/mol. The Bertz CT molecular complexity index is 303. The van der Waals surface area contributed by atoms with Crippen LogP contribution in [0.5, 0.6) is 0 Å². The molecule has 4 nitrogen and oxygen atoms in total. The molecule has 2 saturated heterocycles. The van der Waals surface area contributed by atoms with Gasteiger partial charge < -0.3 is 15.0 Å². The van der Waals surface area contributed by atoms with Crippen molar-refractivity contribution in [2.75, 3.05) is 39.4 Å². The first-order valence-corrected chi connectivity index (χ1v) is 8.27. The van der Waals surface area contributed by atoms with Crippen molar-refractivity contribution >= 4 is 5.91 Å². The summed E-state index contributed by atoms with van der Waals surface area (Å²) in [4.78, 5) is 14.4. The molecule has 1 amide bonds. The average Bonchev–Trinajstić information content (AvgIpc) is 2.95. The molecule has 2 heterocycles. The number of rotatable bonds is 6. The lowest BCUT2D eigenvalue weighted by atomic mass is 9.85. The average molecular weight is 282 g/mol. The van der Waals surface area contributed by atoms with Gasteiger partial charge in [-0.2, -0.15) is 0 Å². The van der Waals surface area contributed by atoms with Gasteiger partial charge in [0.25, 0.3) is 0 Å². The Morgan fingerprint density at radius 3 is 3.00 bits per heavy atom. The zero-order valence-corrected chi connectivity index (χ0v) is 13.1. The lowest BCUT2D eigenvalue weighted by Gasteiger charge is -2.29. The van der Waals surface area contributed by atoms with Crippen molar-refractivity contribution in [3.63, 3.8) is 0 Å². The molecular formula is C16H30N2O2. The van der Waals surface area contributed by atoms with Gasteiger partial charge in [0, 0.05) is 32.0 Å². The van der Waals surface area contributed by atoms with Crippen LogP contribution in [0.25, 0.3) is 0 Å². The molecule has 4 heteroatoms. The smallest absolute Gasteiger partial charge is 0.222 e. The molecule has 20 heavy (non-hydrogen) atoms. The highest BCUT2D eigenvalue weighted by Gasteiger charge is 2.29. The Labute approximate surface area is 123 Å². The minimum absolute atomic E-state index is 0.349. The van der Waals surface area contributed by atoms with Gasteiger partial charge in [0.15, 0.2) is 0 Å². The van der Waals surface area contributed by atoms with Gasteiger partial charge in [-0.25, -0.2) is 0 Å². The third-order valence-electron chi connectivity index (χ3n) is 4.83. The van der Waals surface area contributed by atoms with Gasteiger partial charge >= 0.3 is 0 Å². The first-order valence-electron chi connectivity index (χ1n) is 8.27. The van der Waals surface area contributed by atoms with E-state index in [1.165, 1.54) is 12.8 Å². The van der Waals surface area contributed by atoms with E-state index in [-0.39, 0.29) is 0 Å². The molecule has 116 valence electrons. The molecule has 0 saturated carbocycles. The Kier molecular flexibility index (Phi) is 6.30. The topological polar surface area (TPSA) is 41.6 Å². The second-order valence-corrected chi connectivity index (χ2v) is 6.44. The molecule has 0 aromatic rings. The summed E-state index contributed by atoms with van der Waals surface area (Å²) in [7, 11) is 0. The lowest BCUT2D eigenvalue weighted by molar-refractivity contribution is -0.131. The fourth-order valence-electron chi connectivity index (χ4n) is 3.42. The Morgan fingerprint density at radius 1 is 1.45 bits per heavy atom. The van der Waals surface area contributed by atoms with Gasteiger partial charge in [0.05, 0.1) is 6.61 Å². The Morgan fingerprint density at radius 2 is 2.30 bits per heavy atom. The molecule has 2 fully saturated rings. The van der Waals surface area contributed by atoms with Crippen LogP contribution >= 0.6 is 0 Å². The molecule has 2 rings (SSSR count). The van der Waals surface area contributed by atoms with E-state index < -0.39 is 0 Å². The van der Waals surface area contributed by atoms with Crippen LogP contribution < -0.4 is 5.32 Å². The number of carbonyl (C=O) groups excluding carboxylic acids is 1. The molecule has 0 radical (unpaired) electrons. The van der Waals surface area contributed by atoms with Crippen LogP contribution in [0.3, 0.4) is 0 Å². The second kappa shape index (κ2) is 7.99. The maximum atomic E-state index is 12.4. The van der Waals surface area contributed by atoms with Gasteiger partial charge in [-0.3, -0.25) is 4.79 Å². The van der Waals surface area contributed by atoms with Gasteiger partial charge in [-0.1, -0.05) is 6.92 Å². The van der Waals surface area contributed by atoms with Gasteiger partial charge in [-0.15, -0.1) is 0 Å². The lowest BCUT2D eigenvalue weighted by Crippen LogP contribution is -2.36. The Balaban J connectivity index is 1.71. The van der Waals surface area contributed by atoms with Crippen LogP contribution in [0.4, 0.5) is 0 Å². The van der Waals surface area contributed by atoms with E-state index in [0.29, 0.717) is 30.1 Å². The quantitative estimate of drug-likeness (QED) is 0.809. The van der Waals surface area contributed by atoms with Crippen molar-refractivity contribution < 1.29 is 9.53 Å². The van der Waals surface area contributed by atoms with Gasteiger partial charge in [-0.05, 0) is 51.1 Å². The van der Waals surface area contributed by atoms with Gasteiger partial charge in [0.2, 0.25) is 5.91 Å². The van der Waals surface area contributed by atoms with Crippen molar-refractivity contribution in [1.82, 2.24) is 10.2 Å². The summed E-state index contributed by atoms with van der Waals surface area (Å²) < 4.78 is 5.48. The van der Waals surface area contributed by atoms with E-state index in [4.69, 9.17) is 4.74 Å². The number of likely N-dealkylation sites (tertiary alicyclic amines) is 1.